The van der Waals surface area contributed by atoms with Gasteiger partial charge in [-0.05, 0) is 51.7 Å². The fourth-order valence-electron chi connectivity index (χ4n) is 6.87. The van der Waals surface area contributed by atoms with Crippen molar-refractivity contribution in [2.75, 3.05) is 12.8 Å². The van der Waals surface area contributed by atoms with Crippen molar-refractivity contribution in [1.82, 2.24) is 49.6 Å². The predicted octanol–water partition coefficient (Wildman–Crippen LogP) is 6.84. The van der Waals surface area contributed by atoms with Crippen LogP contribution in [0.3, 0.4) is 0 Å². The van der Waals surface area contributed by atoms with E-state index in [1.54, 1.807) is 12.4 Å². The SMILES string of the molecule is CC.CC.CS(=O)(=O)NCCc1ccc(S(=O)(=O)O)cc1S(=O)(=O)O.[Cu+2].c1ccc2c(c1)-c1nc3nc(nc4[n-]c(nc5[n-]c(nc-2n1)c1ccccc51)c1ccccc41)-c1ccncc1-3. The molecule has 4 aromatic carbocycles. The van der Waals surface area contributed by atoms with E-state index in [1.807, 2.05) is 107 Å². The molecular formula is C44H40CuN10O8S3. The van der Waals surface area contributed by atoms with Crippen LogP contribution in [0.5, 0.6) is 0 Å². The van der Waals surface area contributed by atoms with Crippen LogP contribution in [0.2, 0.25) is 0 Å². The van der Waals surface area contributed by atoms with E-state index in [4.69, 9.17) is 49.0 Å². The van der Waals surface area contributed by atoms with Crippen LogP contribution in [0.4, 0.5) is 0 Å². The molecule has 0 fully saturated rings. The van der Waals surface area contributed by atoms with Gasteiger partial charge in [-0.2, -0.15) is 16.8 Å². The molecule has 10 rings (SSSR count). The number of aromatic nitrogens is 9. The summed E-state index contributed by atoms with van der Waals surface area (Å²) < 4.78 is 86.2. The van der Waals surface area contributed by atoms with E-state index in [-0.39, 0.29) is 35.6 Å². The van der Waals surface area contributed by atoms with Crippen molar-refractivity contribution in [3.63, 3.8) is 0 Å². The van der Waals surface area contributed by atoms with Crippen LogP contribution in [-0.4, -0.2) is 82.0 Å². The van der Waals surface area contributed by atoms with E-state index in [0.29, 0.717) is 52.0 Å². The van der Waals surface area contributed by atoms with Gasteiger partial charge in [-0.15, -0.1) is 0 Å². The summed E-state index contributed by atoms with van der Waals surface area (Å²) in [5, 5.41) is 3.53. The van der Waals surface area contributed by atoms with Crippen LogP contribution in [0, 0.1) is 0 Å². The molecule has 0 amide bonds. The molecule has 0 unspecified atom stereocenters. The summed E-state index contributed by atoms with van der Waals surface area (Å²) in [7, 11) is -12.8. The summed E-state index contributed by atoms with van der Waals surface area (Å²) in [5.41, 5.74) is 5.52. The van der Waals surface area contributed by atoms with Gasteiger partial charge in [0, 0.05) is 63.8 Å². The smallest absolute Gasteiger partial charge is 0.357 e. The van der Waals surface area contributed by atoms with Gasteiger partial charge in [0.2, 0.25) is 10.0 Å². The third-order valence-electron chi connectivity index (χ3n) is 9.60. The zero-order valence-electron chi connectivity index (χ0n) is 35.7. The van der Waals surface area contributed by atoms with Gasteiger partial charge in [0.1, 0.15) is 0 Å². The minimum absolute atomic E-state index is 0. The van der Waals surface area contributed by atoms with E-state index in [0.717, 1.165) is 62.2 Å². The van der Waals surface area contributed by atoms with E-state index >= 15 is 0 Å². The zero-order valence-corrected chi connectivity index (χ0v) is 39.1. The maximum Gasteiger partial charge on any atom is 2.00 e. The Kier molecular flexibility index (Phi) is 14.9. The molecule has 3 N–H and O–H groups in total. The number of nitrogens with one attached hydrogen (secondary N) is 1. The number of benzene rings is 4. The third kappa shape index (κ3) is 10.4. The van der Waals surface area contributed by atoms with Crippen molar-refractivity contribution in [3.8, 4) is 45.6 Å². The monoisotopic (exact) mass is 995 g/mol. The van der Waals surface area contributed by atoms with Crippen molar-refractivity contribution < 1.29 is 51.4 Å². The second-order valence-electron chi connectivity index (χ2n) is 13.7. The topological polar surface area (TPSA) is 273 Å². The Morgan fingerprint density at radius 3 is 1.41 bits per heavy atom. The maximum atomic E-state index is 11.2. The van der Waals surface area contributed by atoms with Crippen molar-refractivity contribution in [2.45, 2.75) is 43.9 Å². The van der Waals surface area contributed by atoms with Crippen LogP contribution in [0.15, 0.2) is 119 Å². The molecule has 4 aromatic heterocycles. The van der Waals surface area contributed by atoms with Crippen molar-refractivity contribution >= 4 is 74.4 Å². The number of sulfonamides is 1. The first-order valence-corrected chi connectivity index (χ1v) is 24.8. The summed E-state index contributed by atoms with van der Waals surface area (Å²) in [6.07, 6.45) is 4.29. The molecule has 0 saturated heterocycles. The minimum atomic E-state index is -4.73. The Morgan fingerprint density at radius 1 is 0.530 bits per heavy atom. The van der Waals surface area contributed by atoms with E-state index in [1.165, 1.54) is 0 Å². The van der Waals surface area contributed by atoms with Crippen LogP contribution in [-0.2, 0) is 53.7 Å². The van der Waals surface area contributed by atoms with Gasteiger partial charge in [-0.25, -0.2) is 28.1 Å². The summed E-state index contributed by atoms with van der Waals surface area (Å²) in [5.74, 6) is 2.06. The normalized spacial score (nSPS) is 11.7. The molecule has 2 aliphatic heterocycles. The molecule has 22 heteroatoms. The Balaban J connectivity index is 0.000000238. The first-order chi connectivity index (χ1) is 31.1. The van der Waals surface area contributed by atoms with Gasteiger partial charge in [0.15, 0.2) is 11.6 Å². The summed E-state index contributed by atoms with van der Waals surface area (Å²) in [6.45, 7) is 7.85. The van der Waals surface area contributed by atoms with E-state index in [9.17, 15) is 25.3 Å². The van der Waals surface area contributed by atoms with Crippen molar-refractivity contribution in [2.24, 2.45) is 0 Å². The summed E-state index contributed by atoms with van der Waals surface area (Å²) >= 11 is 0. The van der Waals surface area contributed by atoms with Crippen LogP contribution < -0.4 is 14.7 Å². The molecule has 6 heterocycles. The number of hydrogen-bond acceptors (Lipinski definition) is 13. The largest absolute Gasteiger partial charge is 2.00 e. The Bertz CT molecular complexity index is 3480. The maximum absolute atomic E-state index is 11.2. The number of pyridine rings is 1. The van der Waals surface area contributed by atoms with Gasteiger partial charge in [-0.3, -0.25) is 14.1 Å². The minimum Gasteiger partial charge on any atom is -0.357 e. The van der Waals surface area contributed by atoms with Gasteiger partial charge in [-0.1, -0.05) is 107 Å². The standard InChI is InChI=1S/C31H15N9.C9H13NO8S3.2C2H6.Cu/c1-2-8-17-16(7-1)24-33-25(17)35-27-20-11-5-6-12-21(20)29(37-27)39-31-23-15-32-14-13-22(23)30(40-31)38-28-19-10-4-3-9-18(19)26(34-24)36-28;1-19(11,12)10-5-4-7-2-3-8(20(13,14)15)6-9(7)21(16,17)18;2*1-2;/h1-15H;2-3,6,10H,4-5H2,1H3,(H,13,14,15)(H,16,17,18);2*1-2H3;/q-2;;;;+2. The number of hydrogen-bond donors (Lipinski definition) is 3. The fourth-order valence-corrected chi connectivity index (χ4v) is 8.70. The zero-order chi connectivity index (χ0) is 46.7. The quantitative estimate of drug-likeness (QED) is 0.114. The third-order valence-corrected chi connectivity index (χ3v) is 12.1. The molecule has 0 spiro atoms. The molecule has 0 saturated carbocycles. The molecule has 18 nitrogen and oxygen atoms in total. The Hall–Kier alpha value is -6.36. The number of fused-ring (bicyclic) bond motifs is 20. The Morgan fingerprint density at radius 2 is 0.955 bits per heavy atom. The second kappa shape index (κ2) is 20.0. The molecule has 1 radical (unpaired) electrons. The summed E-state index contributed by atoms with van der Waals surface area (Å²) in [6, 6.07) is 28.3. The van der Waals surface area contributed by atoms with Crippen molar-refractivity contribution in [3.05, 3.63) is 115 Å². The first kappa shape index (κ1) is 49.1. The van der Waals surface area contributed by atoms with E-state index < -0.39 is 40.1 Å². The fraction of sp³-hybridized carbons (Fsp3) is 0.159. The molecule has 0 aliphatic carbocycles. The van der Waals surface area contributed by atoms with Gasteiger partial charge < -0.3 is 24.9 Å². The second-order valence-corrected chi connectivity index (χ2v) is 18.3. The average molecular weight is 997 g/mol. The first-order valence-electron chi connectivity index (χ1n) is 20.1. The number of rotatable bonds is 6. The number of nitrogens with zero attached hydrogens (tertiary/aromatic N) is 9. The van der Waals surface area contributed by atoms with Gasteiger partial charge in [0.05, 0.1) is 27.7 Å². The van der Waals surface area contributed by atoms with Crippen LogP contribution in [0.25, 0.3) is 89.7 Å². The Labute approximate surface area is 390 Å². The molecular weight excluding hydrogens is 956 g/mol. The molecule has 2 aliphatic rings. The molecule has 66 heavy (non-hydrogen) atoms. The van der Waals surface area contributed by atoms with Crippen molar-refractivity contribution in [1.29, 1.82) is 0 Å². The molecule has 8 aromatic rings. The van der Waals surface area contributed by atoms with Gasteiger partial charge in [0.25, 0.3) is 20.2 Å². The van der Waals surface area contributed by atoms with E-state index in [2.05, 4.69) is 9.71 Å². The predicted molar refractivity (Wildman–Crippen MR) is 247 cm³/mol. The average Bonchev–Trinajstić information content (AvgIpc) is 4.03. The van der Waals surface area contributed by atoms with Gasteiger partial charge >= 0.3 is 17.1 Å². The van der Waals surface area contributed by atoms with Crippen LogP contribution >= 0.6 is 0 Å². The molecule has 0 atom stereocenters. The summed E-state index contributed by atoms with van der Waals surface area (Å²) in [4.78, 5) is 42.0. The molecule has 8 bridgehead atoms. The molecule has 343 valence electrons. The van der Waals surface area contributed by atoms with Crippen LogP contribution in [0.1, 0.15) is 33.3 Å².